The van der Waals surface area contributed by atoms with Crippen LogP contribution in [0.15, 0.2) is 0 Å². The first-order chi connectivity index (χ1) is 8.35. The summed E-state index contributed by atoms with van der Waals surface area (Å²) >= 11 is 0. The molecule has 19 heavy (non-hydrogen) atoms. The Kier molecular flexibility index (Phi) is 22.1. The summed E-state index contributed by atoms with van der Waals surface area (Å²) in [6, 6.07) is 0. The van der Waals surface area contributed by atoms with Crippen LogP contribution in [0.4, 0.5) is 0 Å². The molecule has 0 aliphatic rings. The van der Waals surface area contributed by atoms with E-state index in [1.165, 1.54) is 51.4 Å². The van der Waals surface area contributed by atoms with E-state index in [9.17, 15) is 0 Å². The van der Waals surface area contributed by atoms with Crippen molar-refractivity contribution in [2.24, 2.45) is 5.92 Å². The Labute approximate surface area is 141 Å². The van der Waals surface area contributed by atoms with Gasteiger partial charge in [-0.05, 0) is 5.92 Å². The van der Waals surface area contributed by atoms with Crippen molar-refractivity contribution >= 4 is 10.4 Å². The molecular formula is C13H29NaO4S. The summed E-state index contributed by atoms with van der Waals surface area (Å²) in [5, 5.41) is 0. The minimum Gasteiger partial charge on any atom is -0.329 e. The molecule has 0 saturated carbocycles. The van der Waals surface area contributed by atoms with Gasteiger partial charge in [-0.1, -0.05) is 59.3 Å². The zero-order valence-electron chi connectivity index (χ0n) is 12.9. The Bertz CT molecular complexity index is 247. The van der Waals surface area contributed by atoms with Crippen LogP contribution in [-0.4, -0.2) is 17.5 Å². The molecular weight excluding hydrogens is 275 g/mol. The van der Waals surface area contributed by atoms with Crippen molar-refractivity contribution in [1.29, 1.82) is 0 Å². The molecule has 0 aliphatic carbocycles. The molecule has 0 saturated heterocycles. The van der Waals surface area contributed by atoms with Crippen LogP contribution in [0, 0.1) is 12.3 Å². The van der Waals surface area contributed by atoms with E-state index in [-0.39, 0.29) is 29.6 Å². The van der Waals surface area contributed by atoms with Gasteiger partial charge in [-0.25, -0.2) is 0 Å². The Hall–Kier alpha value is 0.870. The van der Waals surface area contributed by atoms with Crippen molar-refractivity contribution in [1.82, 2.24) is 0 Å². The second-order valence-corrected chi connectivity index (χ2v) is 5.39. The molecule has 0 fully saturated rings. The molecule has 2 N–H and O–H groups in total. The van der Waals surface area contributed by atoms with Crippen molar-refractivity contribution in [3.63, 3.8) is 0 Å². The van der Waals surface area contributed by atoms with Gasteiger partial charge in [0.2, 0.25) is 0 Å². The van der Waals surface area contributed by atoms with Gasteiger partial charge in [0.15, 0.2) is 0 Å². The van der Waals surface area contributed by atoms with E-state index in [4.69, 9.17) is 17.5 Å². The molecule has 0 aromatic heterocycles. The van der Waals surface area contributed by atoms with Crippen LogP contribution in [0.5, 0.6) is 0 Å². The zero-order chi connectivity index (χ0) is 14.4. The maximum absolute atomic E-state index is 8.74. The van der Waals surface area contributed by atoms with Crippen LogP contribution < -0.4 is 29.6 Å². The molecule has 4 nitrogen and oxygen atoms in total. The first kappa shape index (κ1) is 24.9. The molecule has 6 heteroatoms. The summed E-state index contributed by atoms with van der Waals surface area (Å²) in [7, 11) is -4.67. The average Bonchev–Trinajstić information content (AvgIpc) is 2.26. The topological polar surface area (TPSA) is 74.6 Å². The Morgan fingerprint density at radius 1 is 1.05 bits per heavy atom. The number of hydrogen-bond acceptors (Lipinski definition) is 2. The minimum atomic E-state index is -4.67. The summed E-state index contributed by atoms with van der Waals surface area (Å²) in [5.74, 6) is 1.00. The average molecular weight is 304 g/mol. The largest absolute Gasteiger partial charge is 1.00 e. The molecule has 0 amide bonds. The monoisotopic (exact) mass is 304 g/mol. The van der Waals surface area contributed by atoms with Crippen molar-refractivity contribution in [2.75, 3.05) is 0 Å². The molecule has 0 aromatic carbocycles. The first-order valence-corrected chi connectivity index (χ1v) is 8.26. The van der Waals surface area contributed by atoms with Gasteiger partial charge in [-0.15, -0.1) is 0 Å². The number of unbranched alkanes of at least 4 members (excludes halogenated alkanes) is 4. The summed E-state index contributed by atoms with van der Waals surface area (Å²) < 4.78 is 31.6. The summed E-state index contributed by atoms with van der Waals surface area (Å²) in [5.41, 5.74) is 0. The third kappa shape index (κ3) is 32.4. The van der Waals surface area contributed by atoms with E-state index in [1.807, 2.05) is 0 Å². The molecule has 0 aromatic rings. The fourth-order valence-electron chi connectivity index (χ4n) is 1.80. The van der Waals surface area contributed by atoms with Gasteiger partial charge in [0.25, 0.3) is 0 Å². The van der Waals surface area contributed by atoms with E-state index in [2.05, 4.69) is 27.2 Å². The van der Waals surface area contributed by atoms with Crippen molar-refractivity contribution < 1.29 is 47.1 Å². The van der Waals surface area contributed by atoms with Crippen molar-refractivity contribution in [3.8, 4) is 0 Å². The fourth-order valence-corrected chi connectivity index (χ4v) is 1.80. The molecule has 0 radical (unpaired) electrons. The number of rotatable bonds is 9. The van der Waals surface area contributed by atoms with Crippen LogP contribution >= 0.6 is 0 Å². The SMILES string of the molecule is CC[CH-]CCCC(CC)CCCC.O=S(=O)(O)O.[Na+]. The van der Waals surface area contributed by atoms with Crippen LogP contribution in [0.2, 0.25) is 0 Å². The molecule has 1 atom stereocenters. The summed E-state index contributed by atoms with van der Waals surface area (Å²) in [4.78, 5) is 0. The van der Waals surface area contributed by atoms with Gasteiger partial charge in [0.1, 0.15) is 0 Å². The smallest absolute Gasteiger partial charge is 0.329 e. The van der Waals surface area contributed by atoms with Crippen molar-refractivity contribution in [3.05, 3.63) is 6.42 Å². The quantitative estimate of drug-likeness (QED) is 0.292. The zero-order valence-corrected chi connectivity index (χ0v) is 15.7. The predicted molar refractivity (Wildman–Crippen MR) is 75.9 cm³/mol. The van der Waals surface area contributed by atoms with E-state index >= 15 is 0 Å². The summed E-state index contributed by atoms with van der Waals surface area (Å²) in [6.07, 6.45) is 13.5. The molecule has 0 heterocycles. The van der Waals surface area contributed by atoms with Gasteiger partial charge in [-0.3, -0.25) is 9.11 Å². The van der Waals surface area contributed by atoms with Gasteiger partial charge in [0.05, 0.1) is 0 Å². The second-order valence-electron chi connectivity index (χ2n) is 4.49. The van der Waals surface area contributed by atoms with Gasteiger partial charge in [-0.2, -0.15) is 21.3 Å². The third-order valence-corrected chi connectivity index (χ3v) is 2.85. The van der Waals surface area contributed by atoms with E-state index in [1.54, 1.807) is 0 Å². The van der Waals surface area contributed by atoms with E-state index in [0.717, 1.165) is 5.92 Å². The van der Waals surface area contributed by atoms with Crippen LogP contribution in [0.3, 0.4) is 0 Å². The maximum atomic E-state index is 8.74. The van der Waals surface area contributed by atoms with Crippen LogP contribution in [-0.2, 0) is 10.4 Å². The normalized spacial score (nSPS) is 12.1. The molecule has 0 spiro atoms. The Balaban J connectivity index is -0.000000366. The van der Waals surface area contributed by atoms with Crippen LogP contribution in [0.25, 0.3) is 0 Å². The fraction of sp³-hybridized carbons (Fsp3) is 0.923. The first-order valence-electron chi connectivity index (χ1n) is 6.86. The van der Waals surface area contributed by atoms with Gasteiger partial charge >= 0.3 is 40.0 Å². The van der Waals surface area contributed by atoms with Crippen molar-refractivity contribution in [2.45, 2.75) is 72.1 Å². The Morgan fingerprint density at radius 2 is 1.53 bits per heavy atom. The van der Waals surface area contributed by atoms with E-state index in [0.29, 0.717) is 0 Å². The van der Waals surface area contributed by atoms with Gasteiger partial charge < -0.3 is 6.42 Å². The minimum absolute atomic E-state index is 0. The predicted octanol–water partition coefficient (Wildman–Crippen LogP) is 1.34. The molecule has 0 bridgehead atoms. The Morgan fingerprint density at radius 3 is 1.89 bits per heavy atom. The standard InChI is InChI=1S/C13H27.Na.H2O4S/c1-4-7-9-10-12-13(6-3)11-8-5-2;;1-5(2,3)4/h7,13H,4-6,8-12H2,1-3H3;;(H2,1,2,3,4)/q-1;+1;. The molecule has 0 rings (SSSR count). The molecule has 0 aliphatic heterocycles. The number of hydrogen-bond donors (Lipinski definition) is 2. The maximum Gasteiger partial charge on any atom is 1.00 e. The van der Waals surface area contributed by atoms with E-state index < -0.39 is 10.4 Å². The van der Waals surface area contributed by atoms with Crippen LogP contribution in [0.1, 0.15) is 72.1 Å². The molecule has 112 valence electrons. The summed E-state index contributed by atoms with van der Waals surface area (Å²) in [6.45, 7) is 6.86. The molecule has 1 unspecified atom stereocenters. The second kappa shape index (κ2) is 16.9. The third-order valence-electron chi connectivity index (χ3n) is 2.85. The van der Waals surface area contributed by atoms with Gasteiger partial charge in [0, 0.05) is 0 Å².